The van der Waals surface area contributed by atoms with E-state index in [1.165, 1.54) is 6.07 Å². The number of aromatic nitrogens is 2. The van der Waals surface area contributed by atoms with Crippen LogP contribution in [0.5, 0.6) is 0 Å². The van der Waals surface area contributed by atoms with Gasteiger partial charge >= 0.3 is 0 Å². The Kier molecular flexibility index (Phi) is 5.36. The lowest BCUT2D eigenvalue weighted by atomic mass is 10.2. The van der Waals surface area contributed by atoms with Crippen molar-refractivity contribution >= 4 is 33.6 Å². The monoisotopic (exact) mass is 416 g/mol. The second-order valence-electron chi connectivity index (χ2n) is 6.41. The minimum absolute atomic E-state index is 0.0109. The number of carbonyl (C=O) groups excluding carboxylic acids is 1. The van der Waals surface area contributed by atoms with Gasteiger partial charge < -0.3 is 21.3 Å². The third-order valence-electron chi connectivity index (χ3n) is 4.55. The number of rotatable bonds is 4. The summed E-state index contributed by atoms with van der Waals surface area (Å²) in [7, 11) is 0. The Morgan fingerprint density at radius 3 is 2.66 bits per heavy atom. The maximum Gasteiger partial charge on any atom is 0.277 e. The van der Waals surface area contributed by atoms with Gasteiger partial charge in [0.1, 0.15) is 21.6 Å². The predicted molar refractivity (Wildman–Crippen MR) is 109 cm³/mol. The summed E-state index contributed by atoms with van der Waals surface area (Å²) in [5.74, 6) is -2.09. The maximum absolute atomic E-state index is 14.1. The number of halogens is 2. The molecule has 1 aliphatic rings. The topological polar surface area (TPSA) is 96.2 Å². The molecule has 0 saturated carbocycles. The van der Waals surface area contributed by atoms with Crippen molar-refractivity contribution in [2.24, 2.45) is 0 Å². The summed E-state index contributed by atoms with van der Waals surface area (Å²) in [5.41, 5.74) is 6.91. The third kappa shape index (κ3) is 3.89. The van der Waals surface area contributed by atoms with Crippen molar-refractivity contribution in [3.05, 3.63) is 54.0 Å². The van der Waals surface area contributed by atoms with E-state index < -0.39 is 17.5 Å². The number of nitrogens with one attached hydrogen (secondary N) is 2. The zero-order valence-electron chi connectivity index (χ0n) is 15.3. The Morgan fingerprint density at radius 2 is 1.93 bits per heavy atom. The van der Waals surface area contributed by atoms with Gasteiger partial charge in [0, 0.05) is 32.4 Å². The molecule has 0 bridgehead atoms. The molecule has 29 heavy (non-hydrogen) atoms. The largest absolute Gasteiger partial charge is 0.389 e. The van der Waals surface area contributed by atoms with Crippen LogP contribution in [0.2, 0.25) is 0 Å². The summed E-state index contributed by atoms with van der Waals surface area (Å²) >= 11 is 0.858. The Balaban J connectivity index is 1.61. The molecule has 150 valence electrons. The van der Waals surface area contributed by atoms with Gasteiger partial charge in [0.05, 0.1) is 23.1 Å². The van der Waals surface area contributed by atoms with Crippen LogP contribution in [0.1, 0.15) is 10.5 Å². The molecule has 0 radical (unpaired) electrons. The molecule has 0 unspecified atom stereocenters. The molecule has 2 aromatic heterocycles. The summed E-state index contributed by atoms with van der Waals surface area (Å²) in [6, 6.07) is 5.35. The Morgan fingerprint density at radius 1 is 1.21 bits per heavy atom. The van der Waals surface area contributed by atoms with E-state index in [0.29, 0.717) is 5.69 Å². The van der Waals surface area contributed by atoms with E-state index in [0.717, 1.165) is 55.3 Å². The number of pyridine rings is 1. The smallest absolute Gasteiger partial charge is 0.277 e. The molecule has 1 aromatic carbocycles. The van der Waals surface area contributed by atoms with Crippen LogP contribution < -0.4 is 21.3 Å². The lowest BCUT2D eigenvalue weighted by Gasteiger charge is -2.30. The second kappa shape index (κ2) is 8.10. The zero-order valence-corrected chi connectivity index (χ0v) is 16.1. The van der Waals surface area contributed by atoms with Crippen molar-refractivity contribution in [2.45, 2.75) is 0 Å². The standard InChI is InChI=1S/C19H18F2N6OS/c20-11-2-1-3-12(21)15(11)19-26-16(17(22)29-19)18(28)25-13-10-24-5-4-14(13)27-8-6-23-7-9-27/h1-5,10,23H,6-9,22H2,(H,25,28). The van der Waals surface area contributed by atoms with Crippen molar-refractivity contribution < 1.29 is 13.6 Å². The Hall–Kier alpha value is -3.11. The zero-order chi connectivity index (χ0) is 20.4. The van der Waals surface area contributed by atoms with Gasteiger partial charge in [-0.2, -0.15) is 0 Å². The van der Waals surface area contributed by atoms with E-state index in [1.54, 1.807) is 12.4 Å². The average Bonchev–Trinajstić information content (AvgIpc) is 3.10. The van der Waals surface area contributed by atoms with Crippen LogP contribution in [-0.2, 0) is 0 Å². The molecule has 1 saturated heterocycles. The lowest BCUT2D eigenvalue weighted by molar-refractivity contribution is 0.102. The van der Waals surface area contributed by atoms with E-state index in [4.69, 9.17) is 5.73 Å². The summed E-state index contributed by atoms with van der Waals surface area (Å²) in [5, 5.41) is 6.13. The molecule has 3 heterocycles. The van der Waals surface area contributed by atoms with Crippen LogP contribution in [0, 0.1) is 11.6 Å². The summed E-state index contributed by atoms with van der Waals surface area (Å²) < 4.78 is 28.1. The minimum Gasteiger partial charge on any atom is -0.389 e. The summed E-state index contributed by atoms with van der Waals surface area (Å²) in [6.07, 6.45) is 3.21. The number of carbonyl (C=O) groups is 1. The first kappa shape index (κ1) is 19.2. The van der Waals surface area contributed by atoms with E-state index in [9.17, 15) is 13.6 Å². The van der Waals surface area contributed by atoms with Crippen LogP contribution in [0.4, 0.5) is 25.2 Å². The highest BCUT2D eigenvalue weighted by Crippen LogP contribution is 2.34. The average molecular weight is 416 g/mol. The van der Waals surface area contributed by atoms with E-state index in [1.807, 2.05) is 6.07 Å². The maximum atomic E-state index is 14.1. The number of nitrogens with zero attached hydrogens (tertiary/aromatic N) is 3. The van der Waals surface area contributed by atoms with E-state index in [-0.39, 0.29) is 21.3 Å². The lowest BCUT2D eigenvalue weighted by Crippen LogP contribution is -2.43. The number of nitrogens with two attached hydrogens (primary N) is 1. The van der Waals surface area contributed by atoms with Crippen molar-refractivity contribution in [1.29, 1.82) is 0 Å². The second-order valence-corrected chi connectivity index (χ2v) is 7.44. The molecule has 7 nitrogen and oxygen atoms in total. The summed E-state index contributed by atoms with van der Waals surface area (Å²) in [4.78, 5) is 23.1. The third-order valence-corrected chi connectivity index (χ3v) is 5.45. The van der Waals surface area contributed by atoms with Crippen molar-refractivity contribution in [2.75, 3.05) is 42.1 Å². The number of thiazole rings is 1. The van der Waals surface area contributed by atoms with Gasteiger partial charge in [-0.15, -0.1) is 0 Å². The number of amides is 1. The van der Waals surface area contributed by atoms with Gasteiger partial charge in [-0.1, -0.05) is 17.4 Å². The fourth-order valence-electron chi connectivity index (χ4n) is 3.15. The molecule has 0 atom stereocenters. The number of piperazine rings is 1. The first-order valence-corrected chi connectivity index (χ1v) is 9.78. The molecular formula is C19H18F2N6OS. The Bertz CT molecular complexity index is 1030. The van der Waals surface area contributed by atoms with Crippen molar-refractivity contribution in [1.82, 2.24) is 15.3 Å². The first-order chi connectivity index (χ1) is 14.0. The fourth-order valence-corrected chi connectivity index (χ4v) is 4.03. The quantitative estimate of drug-likeness (QED) is 0.605. The highest BCUT2D eigenvalue weighted by Gasteiger charge is 2.23. The molecule has 0 aliphatic carbocycles. The molecule has 1 fully saturated rings. The number of hydrogen-bond donors (Lipinski definition) is 3. The van der Waals surface area contributed by atoms with Gasteiger partial charge in [0.15, 0.2) is 5.69 Å². The minimum atomic E-state index is -0.765. The van der Waals surface area contributed by atoms with Crippen LogP contribution in [0.15, 0.2) is 36.7 Å². The fraction of sp³-hybridized carbons (Fsp3) is 0.211. The van der Waals surface area contributed by atoms with E-state index >= 15 is 0 Å². The van der Waals surface area contributed by atoms with Crippen molar-refractivity contribution in [3.8, 4) is 10.6 Å². The normalized spacial score (nSPS) is 14.1. The SMILES string of the molecule is Nc1sc(-c2c(F)cccc2F)nc1C(=O)Nc1cnccc1N1CCNCC1. The number of hydrogen-bond acceptors (Lipinski definition) is 7. The van der Waals surface area contributed by atoms with E-state index in [2.05, 4.69) is 25.5 Å². The summed E-state index contributed by atoms with van der Waals surface area (Å²) in [6.45, 7) is 3.27. The molecule has 4 rings (SSSR count). The van der Waals surface area contributed by atoms with Gasteiger partial charge in [-0.3, -0.25) is 9.78 Å². The Labute approximate surface area is 169 Å². The molecule has 10 heteroatoms. The molecule has 1 aliphatic heterocycles. The van der Waals surface area contributed by atoms with Crippen LogP contribution in [-0.4, -0.2) is 42.1 Å². The van der Waals surface area contributed by atoms with Gasteiger partial charge in [0.25, 0.3) is 5.91 Å². The molecule has 3 aromatic rings. The number of benzene rings is 1. The van der Waals surface area contributed by atoms with Gasteiger partial charge in [-0.25, -0.2) is 13.8 Å². The number of anilines is 3. The van der Waals surface area contributed by atoms with Crippen LogP contribution in [0.3, 0.4) is 0 Å². The van der Waals surface area contributed by atoms with Gasteiger partial charge in [0.2, 0.25) is 0 Å². The number of nitrogen functional groups attached to an aromatic ring is 1. The van der Waals surface area contributed by atoms with Crippen LogP contribution >= 0.6 is 11.3 Å². The molecular weight excluding hydrogens is 398 g/mol. The molecule has 4 N–H and O–H groups in total. The van der Waals surface area contributed by atoms with Crippen LogP contribution in [0.25, 0.3) is 10.6 Å². The predicted octanol–water partition coefficient (Wildman–Crippen LogP) is 2.73. The van der Waals surface area contributed by atoms with Gasteiger partial charge in [-0.05, 0) is 18.2 Å². The highest BCUT2D eigenvalue weighted by atomic mass is 32.1. The molecule has 0 spiro atoms. The highest BCUT2D eigenvalue weighted by molar-refractivity contribution is 7.19. The molecule has 1 amide bonds. The first-order valence-electron chi connectivity index (χ1n) is 8.96. The van der Waals surface area contributed by atoms with Crippen molar-refractivity contribution in [3.63, 3.8) is 0 Å².